The molecule has 0 bridgehead atoms. The first-order chi connectivity index (χ1) is 12.0. The Bertz CT molecular complexity index is 979. The number of aromatic nitrogens is 2. The molecule has 0 aliphatic carbocycles. The summed E-state index contributed by atoms with van der Waals surface area (Å²) in [6.07, 6.45) is 0.364. The molecule has 0 atom stereocenters. The van der Waals surface area contributed by atoms with E-state index in [4.69, 9.17) is 21.4 Å². The van der Waals surface area contributed by atoms with Gasteiger partial charge in [0.15, 0.2) is 0 Å². The molecule has 0 radical (unpaired) electrons. The molecule has 0 spiro atoms. The van der Waals surface area contributed by atoms with Crippen LogP contribution in [-0.4, -0.2) is 34.3 Å². The number of nitrogens with zero attached hydrogens (tertiary/aromatic N) is 2. The number of aliphatic carboxylic acids is 1. The predicted molar refractivity (Wildman–Crippen MR) is 97.5 cm³/mol. The Hall–Kier alpha value is -2.22. The average Bonchev–Trinajstić information content (AvgIpc) is 3.00. The van der Waals surface area contributed by atoms with E-state index in [9.17, 15) is 9.59 Å². The molecule has 6 nitrogen and oxygen atoms in total. The number of hydrogen-bond donors (Lipinski definition) is 1. The molecule has 3 aromatic rings. The number of fused-ring (bicyclic) bond motifs is 1. The number of hydrogen-bond acceptors (Lipinski definition) is 5. The maximum Gasteiger partial charge on any atom is 0.323 e. The number of carbonyl (C=O) groups is 1. The molecular formula is C17H15ClN2O4S. The zero-order chi connectivity index (χ0) is 18.0. The molecule has 3 rings (SSSR count). The summed E-state index contributed by atoms with van der Waals surface area (Å²) < 4.78 is 6.24. The quantitative estimate of drug-likeness (QED) is 0.713. The fourth-order valence-corrected chi connectivity index (χ4v) is 3.67. The maximum absolute atomic E-state index is 13.0. The van der Waals surface area contributed by atoms with E-state index in [0.717, 1.165) is 11.1 Å². The van der Waals surface area contributed by atoms with Crippen molar-refractivity contribution in [3.05, 3.63) is 50.8 Å². The molecule has 0 saturated heterocycles. The molecule has 0 saturated carbocycles. The van der Waals surface area contributed by atoms with E-state index >= 15 is 0 Å². The normalized spacial score (nSPS) is 11.1. The van der Waals surface area contributed by atoms with Crippen LogP contribution in [0, 0.1) is 0 Å². The van der Waals surface area contributed by atoms with Crippen LogP contribution in [0.15, 0.2) is 34.4 Å². The summed E-state index contributed by atoms with van der Waals surface area (Å²) in [4.78, 5) is 29.2. The van der Waals surface area contributed by atoms with Gasteiger partial charge in [0.25, 0.3) is 5.56 Å². The van der Waals surface area contributed by atoms with Crippen LogP contribution in [0.5, 0.6) is 0 Å². The smallest absolute Gasteiger partial charge is 0.323 e. The minimum Gasteiger partial charge on any atom is -0.480 e. The number of rotatable bonds is 6. The van der Waals surface area contributed by atoms with E-state index in [-0.39, 0.29) is 5.56 Å². The van der Waals surface area contributed by atoms with Gasteiger partial charge in [0.1, 0.15) is 17.2 Å². The average molecular weight is 379 g/mol. The number of carboxylic acids is 1. The van der Waals surface area contributed by atoms with E-state index < -0.39 is 12.5 Å². The van der Waals surface area contributed by atoms with Gasteiger partial charge in [-0.25, -0.2) is 4.98 Å². The van der Waals surface area contributed by atoms with Gasteiger partial charge in [-0.3, -0.25) is 14.2 Å². The Balaban J connectivity index is 2.21. The topological polar surface area (TPSA) is 81.4 Å². The van der Waals surface area contributed by atoms with Gasteiger partial charge < -0.3 is 9.84 Å². The number of thiophene rings is 1. The van der Waals surface area contributed by atoms with Gasteiger partial charge in [-0.15, -0.1) is 11.3 Å². The molecule has 1 N–H and O–H groups in total. The monoisotopic (exact) mass is 378 g/mol. The zero-order valence-electron chi connectivity index (χ0n) is 13.4. The van der Waals surface area contributed by atoms with Crippen molar-refractivity contribution in [3.8, 4) is 11.1 Å². The summed E-state index contributed by atoms with van der Waals surface area (Å²) in [5, 5.41) is 12.0. The van der Waals surface area contributed by atoms with Crippen molar-refractivity contribution >= 4 is 39.1 Å². The van der Waals surface area contributed by atoms with Crippen molar-refractivity contribution in [2.24, 2.45) is 0 Å². The van der Waals surface area contributed by atoms with Gasteiger partial charge in [0, 0.05) is 29.5 Å². The summed E-state index contributed by atoms with van der Waals surface area (Å²) in [5.74, 6) is -0.684. The van der Waals surface area contributed by atoms with Crippen molar-refractivity contribution in [1.82, 2.24) is 9.55 Å². The fraction of sp³-hybridized carbons (Fsp3) is 0.235. The molecule has 0 aliphatic rings. The van der Waals surface area contributed by atoms with Crippen LogP contribution in [0.25, 0.3) is 21.3 Å². The second-order valence-electron chi connectivity index (χ2n) is 5.39. The van der Waals surface area contributed by atoms with Crippen molar-refractivity contribution in [2.75, 3.05) is 13.7 Å². The lowest BCUT2D eigenvalue weighted by molar-refractivity contribution is -0.137. The highest BCUT2D eigenvalue weighted by Crippen LogP contribution is 2.31. The lowest BCUT2D eigenvalue weighted by Gasteiger charge is -2.10. The van der Waals surface area contributed by atoms with Crippen LogP contribution in [0.2, 0.25) is 5.02 Å². The number of carboxylic acid groups (broad SMARTS) is 1. The summed E-state index contributed by atoms with van der Waals surface area (Å²) >= 11 is 7.28. The second kappa shape index (κ2) is 7.35. The van der Waals surface area contributed by atoms with Crippen LogP contribution in [0.1, 0.15) is 5.82 Å². The molecule has 130 valence electrons. The predicted octanol–water partition coefficient (Wildman–Crippen LogP) is 3.05. The lowest BCUT2D eigenvalue weighted by atomic mass is 10.1. The molecule has 25 heavy (non-hydrogen) atoms. The van der Waals surface area contributed by atoms with Crippen molar-refractivity contribution < 1.29 is 14.6 Å². The minimum atomic E-state index is -1.09. The van der Waals surface area contributed by atoms with Gasteiger partial charge in [-0.05, 0) is 17.7 Å². The van der Waals surface area contributed by atoms with Crippen LogP contribution in [-0.2, 0) is 22.5 Å². The Kier molecular flexibility index (Phi) is 5.17. The highest BCUT2D eigenvalue weighted by Gasteiger charge is 2.18. The zero-order valence-corrected chi connectivity index (χ0v) is 14.9. The van der Waals surface area contributed by atoms with Crippen molar-refractivity contribution in [3.63, 3.8) is 0 Å². The first-order valence-electron chi connectivity index (χ1n) is 7.49. The Labute approximate surface area is 152 Å². The maximum atomic E-state index is 13.0. The largest absolute Gasteiger partial charge is 0.480 e. The van der Waals surface area contributed by atoms with Gasteiger partial charge in [0.2, 0.25) is 0 Å². The molecule has 0 fully saturated rings. The van der Waals surface area contributed by atoms with Gasteiger partial charge >= 0.3 is 5.97 Å². The molecular weight excluding hydrogens is 364 g/mol. The summed E-state index contributed by atoms with van der Waals surface area (Å²) in [7, 11) is 1.54. The summed E-state index contributed by atoms with van der Waals surface area (Å²) in [5.41, 5.74) is 1.21. The first-order valence-corrected chi connectivity index (χ1v) is 8.74. The number of ether oxygens (including phenoxy) is 1. The fourth-order valence-electron chi connectivity index (χ4n) is 2.59. The third-order valence-corrected chi connectivity index (χ3v) is 4.88. The van der Waals surface area contributed by atoms with Crippen LogP contribution in [0.4, 0.5) is 0 Å². The van der Waals surface area contributed by atoms with E-state index in [1.165, 1.54) is 15.9 Å². The Morgan fingerprint density at radius 2 is 2.08 bits per heavy atom. The number of halogens is 1. The minimum absolute atomic E-state index is 0.354. The summed E-state index contributed by atoms with van der Waals surface area (Å²) in [6.45, 7) is -0.0797. The Morgan fingerprint density at radius 3 is 2.72 bits per heavy atom. The van der Waals surface area contributed by atoms with Gasteiger partial charge in [-0.1, -0.05) is 23.7 Å². The Morgan fingerprint density at radius 1 is 1.36 bits per heavy atom. The van der Waals surface area contributed by atoms with Crippen LogP contribution < -0.4 is 5.56 Å². The third kappa shape index (κ3) is 3.58. The molecule has 8 heteroatoms. The highest BCUT2D eigenvalue weighted by molar-refractivity contribution is 7.17. The molecule has 0 amide bonds. The highest BCUT2D eigenvalue weighted by atomic mass is 35.5. The number of benzene rings is 1. The van der Waals surface area contributed by atoms with Gasteiger partial charge in [0.05, 0.1) is 12.0 Å². The third-order valence-electron chi connectivity index (χ3n) is 3.75. The molecule has 0 unspecified atom stereocenters. The standard InChI is InChI=1S/C17H15ClN2O4S/c1-24-7-6-13-19-16-15(17(23)20(13)8-14(21)22)12(9-25-16)10-2-4-11(18)5-3-10/h2-5,9H,6-8H2,1H3,(H,21,22). The van der Waals surface area contributed by atoms with Crippen molar-refractivity contribution in [1.29, 1.82) is 0 Å². The summed E-state index contributed by atoms with van der Waals surface area (Å²) in [6, 6.07) is 7.14. The van der Waals surface area contributed by atoms with Gasteiger partial charge in [-0.2, -0.15) is 0 Å². The lowest BCUT2D eigenvalue weighted by Crippen LogP contribution is -2.29. The number of methoxy groups -OCH3 is 1. The molecule has 0 aliphatic heterocycles. The SMILES string of the molecule is COCCc1nc2scc(-c3ccc(Cl)cc3)c2c(=O)n1CC(=O)O. The van der Waals surface area contributed by atoms with Crippen molar-refractivity contribution in [2.45, 2.75) is 13.0 Å². The van der Waals surface area contributed by atoms with E-state index in [1.54, 1.807) is 19.2 Å². The molecule has 2 aromatic heterocycles. The van der Waals surface area contributed by atoms with Crippen LogP contribution >= 0.6 is 22.9 Å². The first kappa shape index (κ1) is 17.6. The van der Waals surface area contributed by atoms with E-state index in [1.807, 2.05) is 17.5 Å². The molecule has 2 heterocycles. The second-order valence-corrected chi connectivity index (χ2v) is 6.69. The van der Waals surface area contributed by atoms with Crippen LogP contribution in [0.3, 0.4) is 0 Å². The van der Waals surface area contributed by atoms with E-state index in [0.29, 0.717) is 34.1 Å². The van der Waals surface area contributed by atoms with E-state index in [2.05, 4.69) is 4.98 Å². The molecule has 1 aromatic carbocycles.